The Morgan fingerprint density at radius 2 is 1.67 bits per heavy atom. The van der Waals surface area contributed by atoms with E-state index >= 15 is 0 Å². The van der Waals surface area contributed by atoms with Gasteiger partial charge >= 0.3 is 0 Å². The molecule has 0 amide bonds. The summed E-state index contributed by atoms with van der Waals surface area (Å²) in [5.41, 5.74) is 1.39. The molecule has 1 atom stereocenters. The van der Waals surface area contributed by atoms with Gasteiger partial charge in [-0.2, -0.15) is 0 Å². The first kappa shape index (κ1) is 25.8. The number of likely N-dealkylation sites (tertiary alicyclic amines) is 1. The molecule has 33 heavy (non-hydrogen) atoms. The molecule has 1 fully saturated rings. The maximum Gasteiger partial charge on any atom is 0.185 e. The SMILES string of the molecule is CC(=O)SCCC1CCN(CC[C@H](c2ccc(S(C)(=O)=O)cc2)c2cc(F)cc(F)c2)CC1. The largest absolute Gasteiger partial charge is 0.303 e. The standard InChI is InChI=1S/C25H31F2NO3S2/c1-18(29)32-14-10-19-7-11-28(12-8-19)13-9-25(21-15-22(26)17-23(27)16-21)20-3-5-24(6-4-20)33(2,30)31/h3-6,15-17,19,25H,7-14H2,1-2H3/t25-/m1/s1. The number of benzene rings is 2. The second-order valence-electron chi connectivity index (χ2n) is 8.80. The van der Waals surface area contributed by atoms with Crippen LogP contribution in [0.3, 0.4) is 0 Å². The van der Waals surface area contributed by atoms with E-state index in [1.54, 1.807) is 31.2 Å². The molecule has 0 spiro atoms. The zero-order valence-corrected chi connectivity index (χ0v) is 20.7. The van der Waals surface area contributed by atoms with E-state index in [4.69, 9.17) is 0 Å². The third-order valence-electron chi connectivity index (χ3n) is 6.27. The lowest BCUT2D eigenvalue weighted by Gasteiger charge is -2.33. The fraction of sp³-hybridized carbons (Fsp3) is 0.480. The van der Waals surface area contributed by atoms with E-state index in [0.29, 0.717) is 17.9 Å². The predicted molar refractivity (Wildman–Crippen MR) is 129 cm³/mol. The minimum atomic E-state index is -3.32. The van der Waals surface area contributed by atoms with Crippen molar-refractivity contribution in [1.29, 1.82) is 0 Å². The summed E-state index contributed by atoms with van der Waals surface area (Å²) in [4.78, 5) is 13.7. The van der Waals surface area contributed by atoms with Gasteiger partial charge in [-0.05, 0) is 86.6 Å². The van der Waals surface area contributed by atoms with Gasteiger partial charge in [0, 0.05) is 30.9 Å². The van der Waals surface area contributed by atoms with Crippen LogP contribution in [-0.2, 0) is 14.6 Å². The van der Waals surface area contributed by atoms with Crippen LogP contribution in [0.15, 0.2) is 47.4 Å². The molecule has 8 heteroatoms. The van der Waals surface area contributed by atoms with Gasteiger partial charge in [-0.15, -0.1) is 0 Å². The fourth-order valence-electron chi connectivity index (χ4n) is 4.43. The van der Waals surface area contributed by atoms with Crippen molar-refractivity contribution in [3.8, 4) is 0 Å². The molecule has 1 aliphatic heterocycles. The molecule has 0 radical (unpaired) electrons. The van der Waals surface area contributed by atoms with Crippen LogP contribution in [0.2, 0.25) is 0 Å². The number of sulfone groups is 1. The van der Waals surface area contributed by atoms with Crippen LogP contribution in [-0.4, -0.2) is 50.1 Å². The molecular formula is C25H31F2NO3S2. The lowest BCUT2D eigenvalue weighted by atomic mass is 9.87. The van der Waals surface area contributed by atoms with Gasteiger partial charge in [0.15, 0.2) is 15.0 Å². The summed E-state index contributed by atoms with van der Waals surface area (Å²) in [6, 6.07) is 10.2. The molecule has 1 heterocycles. The number of halogens is 2. The minimum absolute atomic E-state index is 0.164. The van der Waals surface area contributed by atoms with Crippen molar-refractivity contribution in [3.05, 3.63) is 65.2 Å². The topological polar surface area (TPSA) is 54.5 Å². The van der Waals surface area contributed by atoms with Gasteiger partial charge in [-0.1, -0.05) is 23.9 Å². The molecule has 0 saturated carbocycles. The number of hydrogen-bond donors (Lipinski definition) is 0. The van der Waals surface area contributed by atoms with Gasteiger partial charge in [0.1, 0.15) is 11.6 Å². The van der Waals surface area contributed by atoms with Gasteiger partial charge in [0.25, 0.3) is 0 Å². The average molecular weight is 496 g/mol. The molecule has 0 aliphatic carbocycles. The molecular weight excluding hydrogens is 464 g/mol. The molecule has 0 N–H and O–H groups in total. The van der Waals surface area contributed by atoms with Crippen LogP contribution in [0.1, 0.15) is 49.7 Å². The molecule has 1 aliphatic rings. The maximum atomic E-state index is 14.0. The van der Waals surface area contributed by atoms with Crippen LogP contribution in [0.5, 0.6) is 0 Å². The highest BCUT2D eigenvalue weighted by atomic mass is 32.2. The van der Waals surface area contributed by atoms with Gasteiger partial charge in [0.2, 0.25) is 0 Å². The quantitative estimate of drug-likeness (QED) is 0.474. The van der Waals surface area contributed by atoms with Gasteiger partial charge in [-0.25, -0.2) is 17.2 Å². The van der Waals surface area contributed by atoms with Gasteiger partial charge in [-0.3, -0.25) is 4.79 Å². The summed E-state index contributed by atoms with van der Waals surface area (Å²) in [7, 11) is -3.32. The van der Waals surface area contributed by atoms with E-state index in [-0.39, 0.29) is 15.9 Å². The van der Waals surface area contributed by atoms with Gasteiger partial charge < -0.3 is 4.90 Å². The minimum Gasteiger partial charge on any atom is -0.303 e. The second-order valence-corrected chi connectivity index (χ2v) is 12.1. The number of hydrogen-bond acceptors (Lipinski definition) is 5. The van der Waals surface area contributed by atoms with Crippen molar-refractivity contribution in [2.75, 3.05) is 31.6 Å². The summed E-state index contributed by atoms with van der Waals surface area (Å²) in [5.74, 6) is 0.0219. The van der Waals surface area contributed by atoms with Crippen molar-refractivity contribution in [2.24, 2.45) is 5.92 Å². The van der Waals surface area contributed by atoms with Crippen LogP contribution < -0.4 is 0 Å². The number of rotatable bonds is 9. The molecule has 3 rings (SSSR count). The second kappa shape index (κ2) is 11.6. The third-order valence-corrected chi connectivity index (χ3v) is 8.25. The van der Waals surface area contributed by atoms with Crippen molar-refractivity contribution in [2.45, 2.75) is 43.4 Å². The summed E-state index contributed by atoms with van der Waals surface area (Å²) in [5, 5.41) is 0.164. The first-order valence-corrected chi connectivity index (χ1v) is 14.1. The molecule has 0 aromatic heterocycles. The van der Waals surface area contributed by atoms with Crippen molar-refractivity contribution < 1.29 is 22.0 Å². The zero-order chi connectivity index (χ0) is 24.0. The lowest BCUT2D eigenvalue weighted by Crippen LogP contribution is -2.35. The van der Waals surface area contributed by atoms with Crippen LogP contribution in [0.4, 0.5) is 8.78 Å². The van der Waals surface area contributed by atoms with E-state index < -0.39 is 21.5 Å². The Bertz CT molecular complexity index is 1030. The normalized spacial score (nSPS) is 16.6. The van der Waals surface area contributed by atoms with Crippen molar-refractivity contribution in [3.63, 3.8) is 0 Å². The predicted octanol–water partition coefficient (Wildman–Crippen LogP) is 5.27. The number of thioether (sulfide) groups is 1. The summed E-state index contributed by atoms with van der Waals surface area (Å²) >= 11 is 1.39. The first-order chi connectivity index (χ1) is 15.6. The highest BCUT2D eigenvalue weighted by Crippen LogP contribution is 2.31. The average Bonchev–Trinajstić information content (AvgIpc) is 2.74. The lowest BCUT2D eigenvalue weighted by molar-refractivity contribution is -0.109. The number of piperidine rings is 1. The fourth-order valence-corrected chi connectivity index (χ4v) is 5.80. The van der Waals surface area contributed by atoms with E-state index in [1.807, 2.05) is 0 Å². The summed E-state index contributed by atoms with van der Waals surface area (Å²) < 4.78 is 51.5. The molecule has 180 valence electrons. The Hall–Kier alpha value is -1.77. The van der Waals surface area contributed by atoms with Gasteiger partial charge in [0.05, 0.1) is 4.90 Å². The van der Waals surface area contributed by atoms with E-state index in [9.17, 15) is 22.0 Å². The zero-order valence-electron chi connectivity index (χ0n) is 19.1. The van der Waals surface area contributed by atoms with Crippen molar-refractivity contribution in [1.82, 2.24) is 4.90 Å². The van der Waals surface area contributed by atoms with E-state index in [0.717, 1.165) is 62.5 Å². The van der Waals surface area contributed by atoms with Crippen molar-refractivity contribution >= 4 is 26.7 Å². The molecule has 1 saturated heterocycles. The van der Waals surface area contributed by atoms with Crippen LogP contribution in [0, 0.1) is 17.6 Å². The Labute approximate surface area is 199 Å². The number of nitrogens with zero attached hydrogens (tertiary/aromatic N) is 1. The molecule has 0 unspecified atom stereocenters. The Kier molecular flexibility index (Phi) is 9.07. The summed E-state index contributed by atoms with van der Waals surface area (Å²) in [6.07, 6.45) is 5.05. The maximum absolute atomic E-state index is 14.0. The molecule has 2 aromatic carbocycles. The third kappa shape index (κ3) is 7.90. The van der Waals surface area contributed by atoms with Crippen LogP contribution in [0.25, 0.3) is 0 Å². The van der Waals surface area contributed by atoms with E-state index in [1.165, 1.54) is 23.9 Å². The highest BCUT2D eigenvalue weighted by molar-refractivity contribution is 8.13. The molecule has 2 aromatic rings. The molecule has 4 nitrogen and oxygen atoms in total. The Balaban J connectivity index is 1.68. The Morgan fingerprint density at radius 1 is 1.06 bits per heavy atom. The smallest absolute Gasteiger partial charge is 0.185 e. The molecule has 0 bridgehead atoms. The Morgan fingerprint density at radius 3 is 2.21 bits per heavy atom. The highest BCUT2D eigenvalue weighted by Gasteiger charge is 2.22. The monoisotopic (exact) mass is 495 g/mol. The summed E-state index contributed by atoms with van der Waals surface area (Å²) in [6.45, 7) is 4.31. The first-order valence-electron chi connectivity index (χ1n) is 11.2. The van der Waals surface area contributed by atoms with Crippen LogP contribution >= 0.6 is 11.8 Å². The van der Waals surface area contributed by atoms with E-state index in [2.05, 4.69) is 4.90 Å². The number of carbonyl (C=O) groups excluding carboxylic acids is 1. The number of carbonyl (C=O) groups is 1.